The number of nitrogens with zero attached hydrogens (tertiary/aromatic N) is 1. The summed E-state index contributed by atoms with van der Waals surface area (Å²) >= 11 is 0. The van der Waals surface area contributed by atoms with Crippen LogP contribution in [0.3, 0.4) is 0 Å². The molecule has 0 atom stereocenters. The molecule has 0 radical (unpaired) electrons. The molecule has 0 spiro atoms. The third-order valence-electron chi connectivity index (χ3n) is 2.27. The molecule has 0 heterocycles. The second-order valence-electron chi connectivity index (χ2n) is 3.47. The van der Waals surface area contributed by atoms with Gasteiger partial charge in [0.25, 0.3) is 0 Å². The van der Waals surface area contributed by atoms with Gasteiger partial charge in [0.05, 0.1) is 13.7 Å². The van der Waals surface area contributed by atoms with E-state index in [-0.39, 0.29) is 5.91 Å². The first-order valence-electron chi connectivity index (χ1n) is 5.12. The molecule has 1 rings (SSSR count). The van der Waals surface area contributed by atoms with Gasteiger partial charge >= 0.3 is 0 Å². The van der Waals surface area contributed by atoms with Gasteiger partial charge in [-0.05, 0) is 12.1 Å². The Kier molecular flexibility index (Phi) is 4.64. The molecule has 1 amide bonds. The van der Waals surface area contributed by atoms with Crippen LogP contribution in [-0.4, -0.2) is 38.1 Å². The molecule has 88 valence electrons. The van der Waals surface area contributed by atoms with E-state index in [1.165, 1.54) is 6.92 Å². The number of likely N-dealkylation sites (N-methyl/N-ethyl adjacent to an activating group) is 1. The number of methoxy groups -OCH3 is 1. The fourth-order valence-corrected chi connectivity index (χ4v) is 1.15. The molecule has 0 saturated carbocycles. The molecule has 4 nitrogen and oxygen atoms in total. The van der Waals surface area contributed by atoms with Crippen LogP contribution in [0.1, 0.15) is 6.92 Å². The third kappa shape index (κ3) is 3.81. The van der Waals surface area contributed by atoms with Crippen molar-refractivity contribution >= 4 is 5.91 Å². The summed E-state index contributed by atoms with van der Waals surface area (Å²) in [5, 5.41) is 0. The van der Waals surface area contributed by atoms with Gasteiger partial charge < -0.3 is 14.4 Å². The van der Waals surface area contributed by atoms with Gasteiger partial charge in [-0.3, -0.25) is 4.79 Å². The van der Waals surface area contributed by atoms with E-state index in [9.17, 15) is 4.79 Å². The van der Waals surface area contributed by atoms with Gasteiger partial charge in [-0.2, -0.15) is 0 Å². The summed E-state index contributed by atoms with van der Waals surface area (Å²) in [6, 6.07) is 7.39. The van der Waals surface area contributed by atoms with Gasteiger partial charge in [0.1, 0.15) is 18.1 Å². The summed E-state index contributed by atoms with van der Waals surface area (Å²) in [5.41, 5.74) is 0. The van der Waals surface area contributed by atoms with Crippen LogP contribution < -0.4 is 9.47 Å². The van der Waals surface area contributed by atoms with Crippen molar-refractivity contribution in [3.8, 4) is 11.5 Å². The van der Waals surface area contributed by atoms with E-state index >= 15 is 0 Å². The van der Waals surface area contributed by atoms with E-state index in [0.717, 1.165) is 11.5 Å². The Morgan fingerprint density at radius 2 is 2.06 bits per heavy atom. The molecule has 0 aliphatic rings. The Labute approximate surface area is 95.8 Å². The topological polar surface area (TPSA) is 38.8 Å². The van der Waals surface area contributed by atoms with Gasteiger partial charge in [0.2, 0.25) is 5.91 Å². The molecule has 0 aromatic heterocycles. The average molecular weight is 223 g/mol. The van der Waals surface area contributed by atoms with Gasteiger partial charge in [0.15, 0.2) is 0 Å². The van der Waals surface area contributed by atoms with Crippen LogP contribution in [0.5, 0.6) is 11.5 Å². The monoisotopic (exact) mass is 223 g/mol. The summed E-state index contributed by atoms with van der Waals surface area (Å²) in [6.07, 6.45) is 0. The number of hydrogen-bond acceptors (Lipinski definition) is 3. The molecule has 16 heavy (non-hydrogen) atoms. The minimum Gasteiger partial charge on any atom is -0.497 e. The zero-order valence-corrected chi connectivity index (χ0v) is 9.90. The average Bonchev–Trinajstić information content (AvgIpc) is 2.29. The molecule has 1 aromatic carbocycles. The predicted octanol–water partition coefficient (Wildman–Crippen LogP) is 1.55. The van der Waals surface area contributed by atoms with Crippen molar-refractivity contribution in [2.75, 3.05) is 27.3 Å². The third-order valence-corrected chi connectivity index (χ3v) is 2.27. The standard InChI is InChI=1S/C12H17NO3/c1-10(14)13(2)7-8-16-12-6-4-5-11(9-12)15-3/h4-6,9H,7-8H2,1-3H3. The summed E-state index contributed by atoms with van der Waals surface area (Å²) in [5.74, 6) is 1.54. The van der Waals surface area contributed by atoms with E-state index < -0.39 is 0 Å². The lowest BCUT2D eigenvalue weighted by molar-refractivity contribution is -0.127. The molecule has 0 aliphatic heterocycles. The molecule has 0 unspecified atom stereocenters. The number of hydrogen-bond donors (Lipinski definition) is 0. The largest absolute Gasteiger partial charge is 0.497 e. The second-order valence-corrected chi connectivity index (χ2v) is 3.47. The van der Waals surface area contributed by atoms with Crippen molar-refractivity contribution in [2.45, 2.75) is 6.92 Å². The molecular formula is C12H17NO3. The second kappa shape index (κ2) is 6.00. The molecule has 0 bridgehead atoms. The van der Waals surface area contributed by atoms with Crippen LogP contribution in [0, 0.1) is 0 Å². The maximum absolute atomic E-state index is 10.9. The van der Waals surface area contributed by atoms with Crippen LogP contribution in [0.25, 0.3) is 0 Å². The highest BCUT2D eigenvalue weighted by Crippen LogP contribution is 2.18. The van der Waals surface area contributed by atoms with E-state index in [1.807, 2.05) is 24.3 Å². The molecule has 0 N–H and O–H groups in total. The smallest absolute Gasteiger partial charge is 0.219 e. The van der Waals surface area contributed by atoms with Gasteiger partial charge in [-0.25, -0.2) is 0 Å². The summed E-state index contributed by atoms with van der Waals surface area (Å²) in [4.78, 5) is 12.5. The van der Waals surface area contributed by atoms with E-state index in [0.29, 0.717) is 13.2 Å². The van der Waals surface area contributed by atoms with Crippen LogP contribution in [-0.2, 0) is 4.79 Å². The van der Waals surface area contributed by atoms with Crippen molar-refractivity contribution in [1.82, 2.24) is 4.90 Å². The van der Waals surface area contributed by atoms with Crippen molar-refractivity contribution < 1.29 is 14.3 Å². The lowest BCUT2D eigenvalue weighted by Crippen LogP contribution is -2.28. The van der Waals surface area contributed by atoms with Gasteiger partial charge in [-0.15, -0.1) is 0 Å². The van der Waals surface area contributed by atoms with Crippen LogP contribution in [0.15, 0.2) is 24.3 Å². The SMILES string of the molecule is COc1cccc(OCCN(C)C(C)=O)c1. The lowest BCUT2D eigenvalue weighted by Gasteiger charge is -2.15. The van der Waals surface area contributed by atoms with Crippen molar-refractivity contribution in [2.24, 2.45) is 0 Å². The highest BCUT2D eigenvalue weighted by molar-refractivity contribution is 5.72. The number of carbonyl (C=O) groups excluding carboxylic acids is 1. The number of amides is 1. The van der Waals surface area contributed by atoms with E-state index in [4.69, 9.17) is 9.47 Å². The highest BCUT2D eigenvalue weighted by Gasteiger charge is 2.02. The molecular weight excluding hydrogens is 206 g/mol. The Hall–Kier alpha value is -1.71. The molecule has 1 aromatic rings. The molecule has 4 heteroatoms. The van der Waals surface area contributed by atoms with Crippen LogP contribution >= 0.6 is 0 Å². The maximum Gasteiger partial charge on any atom is 0.219 e. The fourth-order valence-electron chi connectivity index (χ4n) is 1.15. The Bertz CT molecular complexity index is 352. The van der Waals surface area contributed by atoms with Gasteiger partial charge in [0, 0.05) is 20.0 Å². The Morgan fingerprint density at radius 1 is 1.38 bits per heavy atom. The summed E-state index contributed by atoms with van der Waals surface area (Å²) in [6.45, 7) is 2.58. The quantitative estimate of drug-likeness (QED) is 0.760. The number of ether oxygens (including phenoxy) is 2. The van der Waals surface area contributed by atoms with Crippen LogP contribution in [0.2, 0.25) is 0 Å². The Balaban J connectivity index is 2.39. The first kappa shape index (κ1) is 12.4. The molecule has 0 fully saturated rings. The lowest BCUT2D eigenvalue weighted by atomic mass is 10.3. The van der Waals surface area contributed by atoms with Crippen molar-refractivity contribution in [1.29, 1.82) is 0 Å². The molecule has 0 saturated heterocycles. The van der Waals surface area contributed by atoms with E-state index in [2.05, 4.69) is 0 Å². The normalized spacial score (nSPS) is 9.69. The first-order valence-corrected chi connectivity index (χ1v) is 5.12. The fraction of sp³-hybridized carbons (Fsp3) is 0.417. The predicted molar refractivity (Wildman–Crippen MR) is 61.8 cm³/mol. The minimum absolute atomic E-state index is 0.0363. The zero-order valence-electron chi connectivity index (χ0n) is 9.90. The number of benzene rings is 1. The zero-order chi connectivity index (χ0) is 12.0. The summed E-state index contributed by atoms with van der Waals surface area (Å²) in [7, 11) is 3.36. The molecule has 0 aliphatic carbocycles. The highest BCUT2D eigenvalue weighted by atomic mass is 16.5. The first-order chi connectivity index (χ1) is 7.63. The van der Waals surface area contributed by atoms with Crippen molar-refractivity contribution in [3.63, 3.8) is 0 Å². The summed E-state index contributed by atoms with van der Waals surface area (Å²) < 4.78 is 10.6. The van der Waals surface area contributed by atoms with Crippen molar-refractivity contribution in [3.05, 3.63) is 24.3 Å². The minimum atomic E-state index is 0.0363. The number of rotatable bonds is 5. The van der Waals surface area contributed by atoms with Gasteiger partial charge in [-0.1, -0.05) is 6.07 Å². The van der Waals surface area contributed by atoms with E-state index in [1.54, 1.807) is 19.1 Å². The maximum atomic E-state index is 10.9. The number of carbonyl (C=O) groups is 1. The Morgan fingerprint density at radius 3 is 2.69 bits per heavy atom. The van der Waals surface area contributed by atoms with Crippen LogP contribution in [0.4, 0.5) is 0 Å².